The van der Waals surface area contributed by atoms with E-state index in [9.17, 15) is 9.59 Å². The molecular formula is C22H27N5O2. The molecule has 2 aliphatic heterocycles. The Labute approximate surface area is 170 Å². The standard InChI is InChI=1S/C22H27N5O2/c1-25-19(7-11-24-25)18-14-27(20(28)17-3-4-17)15-22(18)8-2-12-26(21(22)29)13-16-5-9-23-10-6-16/h5-7,9-11,17-18H,2-4,8,12-15H2,1H3/t18-,22+/m0/s1. The minimum atomic E-state index is -0.552. The minimum absolute atomic E-state index is 0.00885. The summed E-state index contributed by atoms with van der Waals surface area (Å²) < 4.78 is 1.87. The Hall–Kier alpha value is -2.70. The van der Waals surface area contributed by atoms with Crippen molar-refractivity contribution >= 4 is 11.8 Å². The van der Waals surface area contributed by atoms with Gasteiger partial charge in [-0.25, -0.2) is 0 Å². The van der Waals surface area contributed by atoms with Crippen LogP contribution in [0.25, 0.3) is 0 Å². The van der Waals surface area contributed by atoms with Crippen molar-refractivity contribution in [2.24, 2.45) is 18.4 Å². The molecule has 1 spiro atoms. The van der Waals surface area contributed by atoms with Crippen LogP contribution in [0.5, 0.6) is 0 Å². The Morgan fingerprint density at radius 3 is 2.69 bits per heavy atom. The van der Waals surface area contributed by atoms with Crippen molar-refractivity contribution in [3.63, 3.8) is 0 Å². The largest absolute Gasteiger partial charge is 0.341 e. The molecule has 3 fully saturated rings. The van der Waals surface area contributed by atoms with E-state index < -0.39 is 5.41 Å². The molecule has 1 aliphatic carbocycles. The second kappa shape index (κ2) is 6.97. The molecule has 0 N–H and O–H groups in total. The fourth-order valence-corrected chi connectivity index (χ4v) is 5.21. The van der Waals surface area contributed by atoms with Crippen LogP contribution in [-0.4, -0.2) is 56.0 Å². The third-order valence-electron chi connectivity index (χ3n) is 6.88. The average Bonchev–Trinajstić information content (AvgIpc) is 3.39. The van der Waals surface area contributed by atoms with Crippen molar-refractivity contribution in [1.29, 1.82) is 0 Å². The summed E-state index contributed by atoms with van der Waals surface area (Å²) in [5.74, 6) is 0.570. The maximum atomic E-state index is 13.9. The van der Waals surface area contributed by atoms with Gasteiger partial charge < -0.3 is 9.80 Å². The summed E-state index contributed by atoms with van der Waals surface area (Å²) in [6.07, 6.45) is 9.07. The van der Waals surface area contributed by atoms with Crippen LogP contribution in [0.2, 0.25) is 0 Å². The summed E-state index contributed by atoms with van der Waals surface area (Å²) in [4.78, 5) is 34.8. The van der Waals surface area contributed by atoms with E-state index in [-0.39, 0.29) is 23.7 Å². The van der Waals surface area contributed by atoms with Crippen molar-refractivity contribution < 1.29 is 9.59 Å². The van der Waals surface area contributed by atoms with Gasteiger partial charge in [-0.3, -0.25) is 19.3 Å². The third-order valence-corrected chi connectivity index (χ3v) is 6.88. The Bertz CT molecular complexity index is 922. The summed E-state index contributed by atoms with van der Waals surface area (Å²) in [6, 6.07) is 5.93. The number of hydrogen-bond acceptors (Lipinski definition) is 4. The maximum absolute atomic E-state index is 13.9. The molecule has 0 bridgehead atoms. The van der Waals surface area contributed by atoms with Gasteiger partial charge in [0.1, 0.15) is 0 Å². The predicted molar refractivity (Wildman–Crippen MR) is 107 cm³/mol. The second-order valence-corrected chi connectivity index (χ2v) is 8.77. The normalized spacial score (nSPS) is 27.1. The Balaban J connectivity index is 1.47. The van der Waals surface area contributed by atoms with E-state index in [0.29, 0.717) is 19.6 Å². The van der Waals surface area contributed by atoms with Crippen LogP contribution in [-0.2, 0) is 23.2 Å². The lowest BCUT2D eigenvalue weighted by molar-refractivity contribution is -0.148. The van der Waals surface area contributed by atoms with Gasteiger partial charge >= 0.3 is 0 Å². The molecule has 7 heteroatoms. The van der Waals surface area contributed by atoms with Crippen LogP contribution < -0.4 is 0 Å². The number of aryl methyl sites for hydroxylation is 1. The second-order valence-electron chi connectivity index (χ2n) is 8.77. The van der Waals surface area contributed by atoms with Gasteiger partial charge in [-0.15, -0.1) is 0 Å². The van der Waals surface area contributed by atoms with Gasteiger partial charge in [0.15, 0.2) is 0 Å². The SMILES string of the molecule is Cn1nccc1[C@@H]1CN(C(=O)C2CC2)C[C@]12CCCN(Cc1ccncc1)C2=O. The predicted octanol–water partition coefficient (Wildman–Crippen LogP) is 1.96. The van der Waals surface area contributed by atoms with E-state index in [2.05, 4.69) is 10.1 Å². The number of amides is 2. The molecule has 2 saturated heterocycles. The van der Waals surface area contributed by atoms with Crippen LogP contribution in [0.15, 0.2) is 36.8 Å². The number of nitrogens with zero attached hydrogens (tertiary/aromatic N) is 5. The highest BCUT2D eigenvalue weighted by atomic mass is 16.2. The molecule has 2 aromatic rings. The molecule has 1 saturated carbocycles. The molecule has 152 valence electrons. The monoisotopic (exact) mass is 393 g/mol. The van der Waals surface area contributed by atoms with Crippen LogP contribution in [0, 0.1) is 11.3 Å². The lowest BCUT2D eigenvalue weighted by Gasteiger charge is -2.42. The molecule has 29 heavy (non-hydrogen) atoms. The number of aromatic nitrogens is 3. The summed E-state index contributed by atoms with van der Waals surface area (Å²) >= 11 is 0. The lowest BCUT2D eigenvalue weighted by Crippen LogP contribution is -2.52. The first kappa shape index (κ1) is 18.3. The van der Waals surface area contributed by atoms with E-state index in [1.165, 1.54) is 0 Å². The summed E-state index contributed by atoms with van der Waals surface area (Å²) in [7, 11) is 1.93. The third kappa shape index (κ3) is 3.12. The molecular weight excluding hydrogens is 366 g/mol. The Kier molecular flexibility index (Phi) is 4.41. The van der Waals surface area contributed by atoms with Crippen molar-refractivity contribution in [3.05, 3.63) is 48.0 Å². The summed E-state index contributed by atoms with van der Waals surface area (Å²) in [5, 5.41) is 4.35. The van der Waals surface area contributed by atoms with Crippen LogP contribution in [0.1, 0.15) is 42.9 Å². The highest BCUT2D eigenvalue weighted by Gasteiger charge is 2.57. The fraction of sp³-hybridized carbons (Fsp3) is 0.545. The fourth-order valence-electron chi connectivity index (χ4n) is 5.21. The molecule has 2 aromatic heterocycles. The van der Waals surface area contributed by atoms with Gasteiger partial charge in [0.05, 0.1) is 5.41 Å². The highest BCUT2D eigenvalue weighted by Crippen LogP contribution is 2.50. The van der Waals surface area contributed by atoms with Crippen molar-refractivity contribution in [2.75, 3.05) is 19.6 Å². The first-order chi connectivity index (χ1) is 14.1. The quantitative estimate of drug-likeness (QED) is 0.796. The highest BCUT2D eigenvalue weighted by molar-refractivity contribution is 5.88. The Morgan fingerprint density at radius 2 is 2.00 bits per heavy atom. The van der Waals surface area contributed by atoms with Gasteiger partial charge in [-0.2, -0.15) is 5.10 Å². The molecule has 5 rings (SSSR count). The Morgan fingerprint density at radius 1 is 1.21 bits per heavy atom. The van der Waals surface area contributed by atoms with Gasteiger partial charge in [-0.05, 0) is 49.4 Å². The zero-order valence-corrected chi connectivity index (χ0v) is 16.8. The van der Waals surface area contributed by atoms with Gasteiger partial charge in [0.2, 0.25) is 11.8 Å². The first-order valence-electron chi connectivity index (χ1n) is 10.5. The minimum Gasteiger partial charge on any atom is -0.341 e. The average molecular weight is 393 g/mol. The molecule has 0 radical (unpaired) electrons. The summed E-state index contributed by atoms with van der Waals surface area (Å²) in [6.45, 7) is 2.50. The zero-order valence-electron chi connectivity index (χ0n) is 16.8. The van der Waals surface area contributed by atoms with Crippen molar-refractivity contribution in [2.45, 2.75) is 38.1 Å². The van der Waals surface area contributed by atoms with Crippen LogP contribution >= 0.6 is 0 Å². The van der Waals surface area contributed by atoms with E-state index in [4.69, 9.17) is 0 Å². The molecule has 2 atom stereocenters. The lowest BCUT2D eigenvalue weighted by atomic mass is 9.70. The molecule has 0 aromatic carbocycles. The van der Waals surface area contributed by atoms with Crippen molar-refractivity contribution in [1.82, 2.24) is 24.6 Å². The van der Waals surface area contributed by atoms with Gasteiger partial charge in [-0.1, -0.05) is 0 Å². The maximum Gasteiger partial charge on any atom is 0.231 e. The van der Waals surface area contributed by atoms with Gasteiger partial charge in [0.25, 0.3) is 0 Å². The van der Waals surface area contributed by atoms with E-state index in [1.54, 1.807) is 18.6 Å². The molecule has 4 heterocycles. The molecule has 0 unspecified atom stereocenters. The van der Waals surface area contributed by atoms with Crippen molar-refractivity contribution in [3.8, 4) is 0 Å². The molecule has 7 nitrogen and oxygen atoms in total. The number of piperidine rings is 1. The number of hydrogen-bond donors (Lipinski definition) is 0. The van der Waals surface area contributed by atoms with Crippen LogP contribution in [0.3, 0.4) is 0 Å². The van der Waals surface area contributed by atoms with E-state index >= 15 is 0 Å². The topological polar surface area (TPSA) is 71.3 Å². The first-order valence-corrected chi connectivity index (χ1v) is 10.5. The number of carbonyl (C=O) groups excluding carboxylic acids is 2. The van der Waals surface area contributed by atoms with E-state index in [0.717, 1.165) is 43.5 Å². The number of likely N-dealkylation sites (tertiary alicyclic amines) is 2. The van der Waals surface area contributed by atoms with Crippen LogP contribution in [0.4, 0.5) is 0 Å². The van der Waals surface area contributed by atoms with E-state index in [1.807, 2.05) is 39.7 Å². The molecule has 3 aliphatic rings. The zero-order chi connectivity index (χ0) is 20.0. The molecule has 2 amide bonds. The van der Waals surface area contributed by atoms with Gasteiger partial charge in [0, 0.05) is 69.3 Å². The smallest absolute Gasteiger partial charge is 0.231 e. The summed E-state index contributed by atoms with van der Waals surface area (Å²) in [5.41, 5.74) is 1.59. The number of rotatable bonds is 4. The number of pyridine rings is 1. The number of carbonyl (C=O) groups is 2.